The number of hydrogen-bond donors (Lipinski definition) is 0. The maximum Gasteiger partial charge on any atom is 0.0910 e. The molecule has 0 aliphatic heterocycles. The Morgan fingerprint density at radius 2 is 2.00 bits per heavy atom. The van der Waals surface area contributed by atoms with Gasteiger partial charge < -0.3 is 0 Å². The first-order chi connectivity index (χ1) is 8.22. The second-order valence-electron chi connectivity index (χ2n) is 4.26. The molecule has 2 aromatic rings. The number of rotatable bonds is 1. The highest BCUT2D eigenvalue weighted by Crippen LogP contribution is 2.36. The van der Waals surface area contributed by atoms with Crippen LogP contribution >= 0.6 is 34.8 Å². The molecule has 1 nitrogen and oxygen atoms in total. The van der Waals surface area contributed by atoms with E-state index in [0.29, 0.717) is 15.9 Å². The van der Waals surface area contributed by atoms with Crippen molar-refractivity contribution in [1.82, 2.24) is 4.98 Å². The smallest absolute Gasteiger partial charge is 0.0910 e. The number of nitrogens with zero attached hydrogens (tertiary/aromatic N) is 1. The van der Waals surface area contributed by atoms with E-state index in [1.165, 1.54) is 11.1 Å². The van der Waals surface area contributed by atoms with Crippen LogP contribution < -0.4 is 0 Å². The Hall–Kier alpha value is -0.500. The van der Waals surface area contributed by atoms with Crippen molar-refractivity contribution in [2.24, 2.45) is 0 Å². The fraction of sp³-hybridized carbons (Fsp3) is 0.308. The molecule has 3 rings (SSSR count). The summed E-state index contributed by atoms with van der Waals surface area (Å²) in [6, 6.07) is 3.78. The molecule has 4 heteroatoms. The predicted molar refractivity (Wildman–Crippen MR) is 73.3 cm³/mol. The van der Waals surface area contributed by atoms with Crippen LogP contribution in [0.1, 0.15) is 23.2 Å². The van der Waals surface area contributed by atoms with Gasteiger partial charge >= 0.3 is 0 Å². The molecule has 1 aromatic heterocycles. The zero-order valence-electron chi connectivity index (χ0n) is 9.06. The van der Waals surface area contributed by atoms with Gasteiger partial charge in [-0.05, 0) is 36.5 Å². The molecule has 1 heterocycles. The van der Waals surface area contributed by atoms with E-state index in [2.05, 4.69) is 4.98 Å². The molecule has 0 N–H and O–H groups in total. The van der Waals surface area contributed by atoms with E-state index < -0.39 is 0 Å². The first kappa shape index (κ1) is 11.6. The van der Waals surface area contributed by atoms with Gasteiger partial charge in [-0.15, -0.1) is 11.6 Å². The maximum absolute atomic E-state index is 6.22. The standard InChI is InChI=1S/C13H10Cl3N/c14-6-9-7-2-1-3-11(7)17-13-8(9)4-5-10(15)12(13)16/h4-5H,1-3,6H2. The Morgan fingerprint density at radius 3 is 2.76 bits per heavy atom. The molecule has 88 valence electrons. The molecule has 1 aliphatic rings. The topological polar surface area (TPSA) is 12.9 Å². The Balaban J connectivity index is 2.44. The number of hydrogen-bond acceptors (Lipinski definition) is 1. The van der Waals surface area contributed by atoms with Gasteiger partial charge in [0.15, 0.2) is 0 Å². The van der Waals surface area contributed by atoms with Gasteiger partial charge in [0.25, 0.3) is 0 Å². The molecule has 0 fully saturated rings. The van der Waals surface area contributed by atoms with Crippen LogP contribution in [-0.2, 0) is 18.7 Å². The zero-order valence-corrected chi connectivity index (χ0v) is 11.3. The van der Waals surface area contributed by atoms with Crippen LogP contribution in [0.4, 0.5) is 0 Å². The molecule has 0 saturated carbocycles. The third kappa shape index (κ3) is 1.72. The van der Waals surface area contributed by atoms with Gasteiger partial charge in [-0.25, -0.2) is 0 Å². The summed E-state index contributed by atoms with van der Waals surface area (Å²) in [6.45, 7) is 0. The summed E-state index contributed by atoms with van der Waals surface area (Å²) in [5.41, 5.74) is 4.40. The number of halogens is 3. The Kier molecular flexibility index (Phi) is 2.94. The monoisotopic (exact) mass is 285 g/mol. The number of alkyl halides is 1. The highest BCUT2D eigenvalue weighted by molar-refractivity contribution is 6.45. The van der Waals surface area contributed by atoms with Crippen molar-refractivity contribution in [3.8, 4) is 0 Å². The molecular weight excluding hydrogens is 277 g/mol. The summed E-state index contributed by atoms with van der Waals surface area (Å²) >= 11 is 18.3. The summed E-state index contributed by atoms with van der Waals surface area (Å²) in [5, 5.41) is 2.12. The second-order valence-corrected chi connectivity index (χ2v) is 5.31. The Labute approximate surface area is 115 Å². The maximum atomic E-state index is 6.22. The third-order valence-electron chi connectivity index (χ3n) is 3.33. The largest absolute Gasteiger partial charge is 0.251 e. The van der Waals surface area contributed by atoms with Crippen LogP contribution in [0.25, 0.3) is 10.9 Å². The van der Waals surface area contributed by atoms with Crippen molar-refractivity contribution in [2.75, 3.05) is 0 Å². The minimum Gasteiger partial charge on any atom is -0.251 e. The highest BCUT2D eigenvalue weighted by Gasteiger charge is 2.20. The van der Waals surface area contributed by atoms with E-state index in [9.17, 15) is 0 Å². The van der Waals surface area contributed by atoms with Gasteiger partial charge in [0.05, 0.1) is 15.6 Å². The lowest BCUT2D eigenvalue weighted by Gasteiger charge is -2.11. The van der Waals surface area contributed by atoms with E-state index in [-0.39, 0.29) is 0 Å². The van der Waals surface area contributed by atoms with Crippen LogP contribution in [0.5, 0.6) is 0 Å². The molecule has 0 bridgehead atoms. The lowest BCUT2D eigenvalue weighted by Crippen LogP contribution is -1.97. The number of pyridine rings is 1. The van der Waals surface area contributed by atoms with E-state index in [0.717, 1.165) is 35.9 Å². The first-order valence-corrected chi connectivity index (χ1v) is 6.85. The quantitative estimate of drug-likeness (QED) is 0.688. The fourth-order valence-electron chi connectivity index (χ4n) is 2.52. The van der Waals surface area contributed by atoms with E-state index >= 15 is 0 Å². The van der Waals surface area contributed by atoms with Crippen LogP contribution in [-0.4, -0.2) is 4.98 Å². The predicted octanol–water partition coefficient (Wildman–Crippen LogP) is 4.77. The van der Waals surface area contributed by atoms with Crippen molar-refractivity contribution < 1.29 is 0 Å². The summed E-state index contributed by atoms with van der Waals surface area (Å²) in [6.07, 6.45) is 3.23. The number of benzene rings is 1. The Bertz CT molecular complexity index is 607. The lowest BCUT2D eigenvalue weighted by atomic mass is 10.0. The van der Waals surface area contributed by atoms with Gasteiger partial charge in [0.1, 0.15) is 0 Å². The molecule has 0 spiro atoms. The van der Waals surface area contributed by atoms with E-state index in [1.54, 1.807) is 0 Å². The van der Waals surface area contributed by atoms with Gasteiger partial charge in [0.2, 0.25) is 0 Å². The molecule has 1 aromatic carbocycles. The minimum atomic E-state index is 0.499. The van der Waals surface area contributed by atoms with Crippen LogP contribution in [0.15, 0.2) is 12.1 Å². The van der Waals surface area contributed by atoms with Crippen molar-refractivity contribution in [1.29, 1.82) is 0 Å². The molecule has 17 heavy (non-hydrogen) atoms. The molecule has 0 unspecified atom stereocenters. The molecule has 0 amide bonds. The normalized spacial score (nSPS) is 14.3. The van der Waals surface area contributed by atoms with Gasteiger partial charge in [0, 0.05) is 17.0 Å². The summed E-state index contributed by atoms with van der Waals surface area (Å²) in [4.78, 5) is 4.65. The third-order valence-corrected chi connectivity index (χ3v) is 4.39. The lowest BCUT2D eigenvalue weighted by molar-refractivity contribution is 0.899. The second kappa shape index (κ2) is 4.31. The summed E-state index contributed by atoms with van der Waals surface area (Å²) < 4.78 is 0. The summed E-state index contributed by atoms with van der Waals surface area (Å²) in [7, 11) is 0. The molecular formula is C13H10Cl3N. The molecule has 0 atom stereocenters. The van der Waals surface area contributed by atoms with E-state index in [1.807, 2.05) is 12.1 Å². The SMILES string of the molecule is ClCc1c2c(nc3c(Cl)c(Cl)ccc13)CCC2. The van der Waals surface area contributed by atoms with Crippen molar-refractivity contribution >= 4 is 45.7 Å². The van der Waals surface area contributed by atoms with Gasteiger partial charge in [-0.2, -0.15) is 0 Å². The molecule has 1 aliphatic carbocycles. The number of fused-ring (bicyclic) bond motifs is 2. The fourth-order valence-corrected chi connectivity index (χ4v) is 3.18. The summed E-state index contributed by atoms with van der Waals surface area (Å²) in [5.74, 6) is 0.499. The van der Waals surface area contributed by atoms with Gasteiger partial charge in [-0.3, -0.25) is 4.98 Å². The van der Waals surface area contributed by atoms with Crippen LogP contribution in [0.3, 0.4) is 0 Å². The molecule has 0 saturated heterocycles. The number of aryl methyl sites for hydroxylation is 1. The average Bonchev–Trinajstić information content (AvgIpc) is 2.79. The van der Waals surface area contributed by atoms with Crippen LogP contribution in [0, 0.1) is 0 Å². The molecule has 0 radical (unpaired) electrons. The Morgan fingerprint density at radius 1 is 1.18 bits per heavy atom. The zero-order chi connectivity index (χ0) is 12.0. The minimum absolute atomic E-state index is 0.499. The van der Waals surface area contributed by atoms with Crippen LogP contribution in [0.2, 0.25) is 10.0 Å². The van der Waals surface area contributed by atoms with Crippen molar-refractivity contribution in [2.45, 2.75) is 25.1 Å². The number of aromatic nitrogens is 1. The average molecular weight is 287 g/mol. The first-order valence-electron chi connectivity index (χ1n) is 5.56. The van der Waals surface area contributed by atoms with E-state index in [4.69, 9.17) is 34.8 Å². The van der Waals surface area contributed by atoms with Crippen molar-refractivity contribution in [3.05, 3.63) is 39.0 Å². The van der Waals surface area contributed by atoms with Gasteiger partial charge in [-0.1, -0.05) is 29.3 Å². The highest BCUT2D eigenvalue weighted by atomic mass is 35.5. The van der Waals surface area contributed by atoms with Crippen molar-refractivity contribution in [3.63, 3.8) is 0 Å².